The second-order valence-electron chi connectivity index (χ2n) is 5.19. The van der Waals surface area contributed by atoms with E-state index in [1.807, 2.05) is 13.0 Å². The maximum Gasteiger partial charge on any atom is 0.249 e. The summed E-state index contributed by atoms with van der Waals surface area (Å²) in [4.78, 5) is 20.4. The maximum atomic E-state index is 11.7. The van der Waals surface area contributed by atoms with Gasteiger partial charge in [-0.05, 0) is 43.0 Å². The van der Waals surface area contributed by atoms with E-state index in [4.69, 9.17) is 11.0 Å². The SMILES string of the molecule is Cc1nccc(C(N)=O)c1C1CCc2cc(C#N)cnc21. The Bertz CT molecular complexity index is 776. The normalized spacial score (nSPS) is 16.3. The van der Waals surface area contributed by atoms with Crippen LogP contribution in [0.2, 0.25) is 0 Å². The van der Waals surface area contributed by atoms with Crippen molar-refractivity contribution in [2.24, 2.45) is 5.73 Å². The molecule has 0 saturated carbocycles. The number of fused-ring (bicyclic) bond motifs is 1. The lowest BCUT2D eigenvalue weighted by Gasteiger charge is -2.16. The third kappa shape index (κ3) is 2.15. The molecule has 0 fully saturated rings. The predicted octanol–water partition coefficient (Wildman–Crippen LogP) is 1.83. The first kappa shape index (κ1) is 13.3. The zero-order chi connectivity index (χ0) is 15.0. The molecule has 0 aromatic carbocycles. The van der Waals surface area contributed by atoms with Gasteiger partial charge in [-0.1, -0.05) is 0 Å². The molecule has 0 spiro atoms. The van der Waals surface area contributed by atoms with Crippen LogP contribution in [0.3, 0.4) is 0 Å². The minimum atomic E-state index is -0.447. The van der Waals surface area contributed by atoms with E-state index in [1.54, 1.807) is 18.5 Å². The third-order valence-electron chi connectivity index (χ3n) is 3.97. The second-order valence-corrected chi connectivity index (χ2v) is 5.19. The van der Waals surface area contributed by atoms with Gasteiger partial charge in [0, 0.05) is 29.6 Å². The zero-order valence-electron chi connectivity index (χ0n) is 11.6. The Hall–Kier alpha value is -2.74. The molecule has 1 atom stereocenters. The fraction of sp³-hybridized carbons (Fsp3) is 0.250. The van der Waals surface area contributed by atoms with E-state index in [0.29, 0.717) is 11.1 Å². The summed E-state index contributed by atoms with van der Waals surface area (Å²) in [6.45, 7) is 1.88. The highest BCUT2D eigenvalue weighted by molar-refractivity contribution is 5.94. The molecule has 0 bridgehead atoms. The summed E-state index contributed by atoms with van der Waals surface area (Å²) in [7, 11) is 0. The summed E-state index contributed by atoms with van der Waals surface area (Å²) < 4.78 is 0. The first-order valence-corrected chi connectivity index (χ1v) is 6.76. The van der Waals surface area contributed by atoms with Crippen LogP contribution in [0.1, 0.15) is 50.8 Å². The number of rotatable bonds is 2. The lowest BCUT2D eigenvalue weighted by molar-refractivity contribution is 0.0999. The Morgan fingerprint density at radius 2 is 2.29 bits per heavy atom. The van der Waals surface area contributed by atoms with Crippen LogP contribution >= 0.6 is 0 Å². The van der Waals surface area contributed by atoms with Gasteiger partial charge in [0.1, 0.15) is 6.07 Å². The van der Waals surface area contributed by atoms with Crippen LogP contribution in [-0.4, -0.2) is 15.9 Å². The quantitative estimate of drug-likeness (QED) is 0.907. The van der Waals surface area contributed by atoms with Gasteiger partial charge in [-0.2, -0.15) is 5.26 Å². The van der Waals surface area contributed by atoms with E-state index in [9.17, 15) is 4.79 Å². The minimum Gasteiger partial charge on any atom is -0.366 e. The first-order valence-electron chi connectivity index (χ1n) is 6.76. The van der Waals surface area contributed by atoms with E-state index >= 15 is 0 Å². The molecule has 3 rings (SSSR count). The smallest absolute Gasteiger partial charge is 0.249 e. The number of carbonyl (C=O) groups is 1. The Labute approximate surface area is 122 Å². The number of hydrogen-bond donors (Lipinski definition) is 1. The number of nitriles is 1. The molecule has 21 heavy (non-hydrogen) atoms. The monoisotopic (exact) mass is 278 g/mol. The molecule has 5 nitrogen and oxygen atoms in total. The molecule has 1 unspecified atom stereocenters. The fourth-order valence-corrected chi connectivity index (χ4v) is 3.05. The predicted molar refractivity (Wildman–Crippen MR) is 76.6 cm³/mol. The standard InChI is InChI=1S/C16H14N4O/c1-9-14(13(16(18)21)4-5-19-9)12-3-2-11-6-10(7-17)8-20-15(11)12/h4-6,8,12H,2-3H2,1H3,(H2,18,21). The Kier molecular flexibility index (Phi) is 3.15. The molecule has 0 aliphatic heterocycles. The van der Waals surface area contributed by atoms with Gasteiger partial charge in [0.15, 0.2) is 0 Å². The topological polar surface area (TPSA) is 92.7 Å². The van der Waals surface area contributed by atoms with E-state index in [0.717, 1.165) is 35.4 Å². The van der Waals surface area contributed by atoms with Crippen LogP contribution in [0.5, 0.6) is 0 Å². The van der Waals surface area contributed by atoms with Crippen molar-refractivity contribution in [1.82, 2.24) is 9.97 Å². The van der Waals surface area contributed by atoms with Gasteiger partial charge < -0.3 is 5.73 Å². The number of aryl methyl sites for hydroxylation is 2. The van der Waals surface area contributed by atoms with Crippen LogP contribution in [0.25, 0.3) is 0 Å². The highest BCUT2D eigenvalue weighted by Crippen LogP contribution is 2.39. The first-order chi connectivity index (χ1) is 10.1. The number of primary amides is 1. The number of hydrogen-bond acceptors (Lipinski definition) is 4. The van der Waals surface area contributed by atoms with Gasteiger partial charge in [0.25, 0.3) is 0 Å². The van der Waals surface area contributed by atoms with E-state index in [1.165, 1.54) is 0 Å². The maximum absolute atomic E-state index is 11.7. The summed E-state index contributed by atoms with van der Waals surface area (Å²) in [6.07, 6.45) is 4.87. The second kappa shape index (κ2) is 4.98. The number of amides is 1. The van der Waals surface area contributed by atoms with Crippen LogP contribution in [0.15, 0.2) is 24.5 Å². The summed E-state index contributed by atoms with van der Waals surface area (Å²) >= 11 is 0. The average molecular weight is 278 g/mol. The van der Waals surface area contributed by atoms with Crippen molar-refractivity contribution in [2.75, 3.05) is 0 Å². The van der Waals surface area contributed by atoms with Crippen molar-refractivity contribution in [2.45, 2.75) is 25.7 Å². The molecule has 0 saturated heterocycles. The van der Waals surface area contributed by atoms with E-state index in [2.05, 4.69) is 16.0 Å². The Morgan fingerprint density at radius 1 is 1.48 bits per heavy atom. The molecule has 1 amide bonds. The lowest BCUT2D eigenvalue weighted by Crippen LogP contribution is -2.17. The molecule has 5 heteroatoms. The highest BCUT2D eigenvalue weighted by Gasteiger charge is 2.30. The molecule has 1 aliphatic rings. The van der Waals surface area contributed by atoms with Crippen molar-refractivity contribution < 1.29 is 4.79 Å². The van der Waals surface area contributed by atoms with Crippen molar-refractivity contribution in [3.8, 4) is 6.07 Å². The number of nitrogens with two attached hydrogens (primary N) is 1. The van der Waals surface area contributed by atoms with Crippen LogP contribution < -0.4 is 5.73 Å². The Balaban J connectivity index is 2.14. The molecule has 2 heterocycles. The number of nitrogens with zero attached hydrogens (tertiary/aromatic N) is 3. The van der Waals surface area contributed by atoms with Crippen LogP contribution in [0, 0.1) is 18.3 Å². The molecule has 2 aromatic rings. The molecule has 0 radical (unpaired) electrons. The molecule has 1 aliphatic carbocycles. The van der Waals surface area contributed by atoms with Crippen molar-refractivity contribution in [3.05, 3.63) is 58.2 Å². The van der Waals surface area contributed by atoms with Gasteiger partial charge in [-0.15, -0.1) is 0 Å². The molecular weight excluding hydrogens is 264 g/mol. The van der Waals surface area contributed by atoms with Gasteiger partial charge in [-0.25, -0.2) is 0 Å². The van der Waals surface area contributed by atoms with Crippen molar-refractivity contribution >= 4 is 5.91 Å². The van der Waals surface area contributed by atoms with Gasteiger partial charge in [-0.3, -0.25) is 14.8 Å². The largest absolute Gasteiger partial charge is 0.366 e. The fourth-order valence-electron chi connectivity index (χ4n) is 3.05. The van der Waals surface area contributed by atoms with Crippen molar-refractivity contribution in [3.63, 3.8) is 0 Å². The zero-order valence-corrected chi connectivity index (χ0v) is 11.6. The molecule has 104 valence electrons. The molecular formula is C16H14N4O. The summed E-state index contributed by atoms with van der Waals surface area (Å²) in [6, 6.07) is 5.64. The third-order valence-corrected chi connectivity index (χ3v) is 3.97. The van der Waals surface area contributed by atoms with E-state index < -0.39 is 5.91 Å². The molecule has 2 N–H and O–H groups in total. The summed E-state index contributed by atoms with van der Waals surface area (Å²) in [5.74, 6) is -0.429. The molecule has 2 aromatic heterocycles. The van der Waals surface area contributed by atoms with Crippen LogP contribution in [0.4, 0.5) is 0 Å². The van der Waals surface area contributed by atoms with Crippen LogP contribution in [-0.2, 0) is 6.42 Å². The lowest BCUT2D eigenvalue weighted by atomic mass is 9.90. The summed E-state index contributed by atoms with van der Waals surface area (Å²) in [5.41, 5.74) is 10.2. The van der Waals surface area contributed by atoms with Gasteiger partial charge in [0.05, 0.1) is 11.3 Å². The van der Waals surface area contributed by atoms with Crippen molar-refractivity contribution in [1.29, 1.82) is 5.26 Å². The summed E-state index contributed by atoms with van der Waals surface area (Å²) in [5, 5.41) is 8.95. The number of carbonyl (C=O) groups excluding carboxylic acids is 1. The number of aromatic nitrogens is 2. The van der Waals surface area contributed by atoms with Gasteiger partial charge in [0.2, 0.25) is 5.91 Å². The van der Waals surface area contributed by atoms with E-state index in [-0.39, 0.29) is 5.92 Å². The average Bonchev–Trinajstić information content (AvgIpc) is 2.89. The van der Waals surface area contributed by atoms with Gasteiger partial charge >= 0.3 is 0 Å². The Morgan fingerprint density at radius 3 is 3.00 bits per heavy atom. The minimum absolute atomic E-state index is 0.0175. The number of pyridine rings is 2. The highest BCUT2D eigenvalue weighted by atomic mass is 16.1.